The van der Waals surface area contributed by atoms with Crippen LogP contribution in [0.15, 0.2) is 36.4 Å². The summed E-state index contributed by atoms with van der Waals surface area (Å²) in [6.45, 7) is 0.781. The second-order valence-electron chi connectivity index (χ2n) is 4.26. The molecule has 5 nitrogen and oxygen atoms in total. The van der Waals surface area contributed by atoms with E-state index >= 15 is 0 Å². The molecule has 0 unspecified atom stereocenters. The lowest BCUT2D eigenvalue weighted by Gasteiger charge is -2.10. The van der Waals surface area contributed by atoms with Gasteiger partial charge in [0.15, 0.2) is 0 Å². The van der Waals surface area contributed by atoms with E-state index in [0.29, 0.717) is 24.1 Å². The highest BCUT2D eigenvalue weighted by Crippen LogP contribution is 2.23. The molecule has 104 valence electrons. The highest BCUT2D eigenvalue weighted by Gasteiger charge is 2.15. The SMILES string of the molecule is COCCNC(=O)c1cccc2cccc(C(=O)O)c12. The van der Waals surface area contributed by atoms with Crippen LogP contribution < -0.4 is 5.32 Å². The van der Waals surface area contributed by atoms with Gasteiger partial charge in [0.1, 0.15) is 0 Å². The van der Waals surface area contributed by atoms with Crippen LogP contribution in [0.1, 0.15) is 20.7 Å². The number of carbonyl (C=O) groups is 2. The van der Waals surface area contributed by atoms with E-state index in [2.05, 4.69) is 5.32 Å². The van der Waals surface area contributed by atoms with Gasteiger partial charge in [0.2, 0.25) is 0 Å². The Kier molecular flexibility index (Phi) is 4.32. The lowest BCUT2D eigenvalue weighted by molar-refractivity contribution is 0.0699. The summed E-state index contributed by atoms with van der Waals surface area (Å²) in [4.78, 5) is 23.4. The van der Waals surface area contributed by atoms with Gasteiger partial charge in [-0.25, -0.2) is 4.79 Å². The normalized spacial score (nSPS) is 10.4. The van der Waals surface area contributed by atoms with Crippen molar-refractivity contribution in [3.05, 3.63) is 47.5 Å². The van der Waals surface area contributed by atoms with Crippen molar-refractivity contribution >= 4 is 22.6 Å². The number of carbonyl (C=O) groups excluding carboxylic acids is 1. The second-order valence-corrected chi connectivity index (χ2v) is 4.26. The zero-order valence-corrected chi connectivity index (χ0v) is 11.1. The maximum absolute atomic E-state index is 12.1. The molecule has 0 radical (unpaired) electrons. The van der Waals surface area contributed by atoms with Crippen molar-refractivity contribution in [3.63, 3.8) is 0 Å². The Balaban J connectivity index is 2.47. The number of fused-ring (bicyclic) bond motifs is 1. The molecule has 0 aliphatic carbocycles. The van der Waals surface area contributed by atoms with Gasteiger partial charge in [0.05, 0.1) is 12.2 Å². The van der Waals surface area contributed by atoms with E-state index in [0.717, 1.165) is 5.39 Å². The number of rotatable bonds is 5. The number of ether oxygens (including phenoxy) is 1. The Bertz CT molecular complexity index is 646. The minimum atomic E-state index is -1.05. The van der Waals surface area contributed by atoms with Crippen LogP contribution in [0, 0.1) is 0 Å². The van der Waals surface area contributed by atoms with Gasteiger partial charge in [-0.05, 0) is 17.5 Å². The minimum absolute atomic E-state index is 0.125. The molecule has 0 atom stereocenters. The molecule has 20 heavy (non-hydrogen) atoms. The Morgan fingerprint density at radius 1 is 1.15 bits per heavy atom. The first-order valence-electron chi connectivity index (χ1n) is 6.17. The Labute approximate surface area is 116 Å². The molecule has 0 fully saturated rings. The number of methoxy groups -OCH3 is 1. The average molecular weight is 273 g/mol. The molecular formula is C15H15NO4. The van der Waals surface area contributed by atoms with Crippen molar-refractivity contribution in [2.24, 2.45) is 0 Å². The molecule has 2 rings (SSSR count). The summed E-state index contributed by atoms with van der Waals surface area (Å²) in [6, 6.07) is 10.1. The van der Waals surface area contributed by atoms with E-state index in [1.54, 1.807) is 37.4 Å². The maximum Gasteiger partial charge on any atom is 0.336 e. The molecular weight excluding hydrogens is 258 g/mol. The van der Waals surface area contributed by atoms with E-state index in [9.17, 15) is 14.7 Å². The zero-order chi connectivity index (χ0) is 14.5. The Morgan fingerprint density at radius 2 is 1.80 bits per heavy atom. The summed E-state index contributed by atoms with van der Waals surface area (Å²) in [5.41, 5.74) is 0.483. The van der Waals surface area contributed by atoms with Crippen molar-refractivity contribution in [2.75, 3.05) is 20.3 Å². The van der Waals surface area contributed by atoms with Crippen molar-refractivity contribution in [2.45, 2.75) is 0 Å². The van der Waals surface area contributed by atoms with Crippen LogP contribution >= 0.6 is 0 Å². The first kappa shape index (κ1) is 14.0. The molecule has 1 amide bonds. The number of nitrogens with one attached hydrogen (secondary N) is 1. The van der Waals surface area contributed by atoms with Gasteiger partial charge in [0, 0.05) is 24.6 Å². The predicted octanol–water partition coefficient (Wildman–Crippen LogP) is 1.91. The maximum atomic E-state index is 12.1. The standard InChI is InChI=1S/C15H15NO4/c1-20-9-8-16-14(17)11-6-2-4-10-5-3-7-12(13(10)11)15(18)19/h2-7H,8-9H2,1H3,(H,16,17)(H,18,19). The first-order chi connectivity index (χ1) is 9.65. The van der Waals surface area contributed by atoms with Gasteiger partial charge < -0.3 is 15.2 Å². The molecule has 0 saturated heterocycles. The number of carboxylic acid groups (broad SMARTS) is 1. The van der Waals surface area contributed by atoms with Crippen LogP contribution in [0.5, 0.6) is 0 Å². The number of benzene rings is 2. The van der Waals surface area contributed by atoms with Crippen molar-refractivity contribution in [1.82, 2.24) is 5.32 Å². The fourth-order valence-corrected chi connectivity index (χ4v) is 2.07. The summed E-state index contributed by atoms with van der Waals surface area (Å²) in [6.07, 6.45) is 0. The molecule has 0 saturated carbocycles. The molecule has 0 bridgehead atoms. The van der Waals surface area contributed by atoms with Crippen LogP contribution in [0.2, 0.25) is 0 Å². The molecule has 0 spiro atoms. The predicted molar refractivity (Wildman–Crippen MR) is 75.1 cm³/mol. The van der Waals surface area contributed by atoms with Gasteiger partial charge in [-0.1, -0.05) is 24.3 Å². The molecule has 5 heteroatoms. The minimum Gasteiger partial charge on any atom is -0.478 e. The fourth-order valence-electron chi connectivity index (χ4n) is 2.07. The third-order valence-electron chi connectivity index (χ3n) is 2.97. The highest BCUT2D eigenvalue weighted by molar-refractivity contribution is 6.14. The van der Waals surface area contributed by atoms with Crippen molar-refractivity contribution < 1.29 is 19.4 Å². The molecule has 0 aromatic heterocycles. The van der Waals surface area contributed by atoms with Crippen LogP contribution in [0.4, 0.5) is 0 Å². The molecule has 2 N–H and O–H groups in total. The molecule has 0 heterocycles. The summed E-state index contributed by atoms with van der Waals surface area (Å²) in [7, 11) is 1.55. The zero-order valence-electron chi connectivity index (χ0n) is 11.1. The van der Waals surface area contributed by atoms with Crippen LogP contribution in [-0.2, 0) is 4.74 Å². The van der Waals surface area contributed by atoms with Gasteiger partial charge in [-0.2, -0.15) is 0 Å². The van der Waals surface area contributed by atoms with Crippen LogP contribution in [-0.4, -0.2) is 37.2 Å². The summed E-state index contributed by atoms with van der Waals surface area (Å²) < 4.78 is 4.87. The number of amides is 1. The van der Waals surface area contributed by atoms with Gasteiger partial charge >= 0.3 is 5.97 Å². The van der Waals surface area contributed by atoms with Crippen molar-refractivity contribution in [1.29, 1.82) is 0 Å². The molecule has 0 aliphatic heterocycles. The van der Waals surface area contributed by atoms with E-state index in [1.165, 1.54) is 6.07 Å². The lowest BCUT2D eigenvalue weighted by atomic mass is 9.99. The Hall–Kier alpha value is -2.40. The van der Waals surface area contributed by atoms with Gasteiger partial charge in [-0.15, -0.1) is 0 Å². The van der Waals surface area contributed by atoms with E-state index in [-0.39, 0.29) is 11.5 Å². The average Bonchev–Trinajstić information content (AvgIpc) is 2.46. The van der Waals surface area contributed by atoms with Crippen LogP contribution in [0.25, 0.3) is 10.8 Å². The Morgan fingerprint density at radius 3 is 2.40 bits per heavy atom. The van der Waals surface area contributed by atoms with Crippen molar-refractivity contribution in [3.8, 4) is 0 Å². The quantitative estimate of drug-likeness (QED) is 0.816. The molecule has 2 aromatic rings. The fraction of sp³-hybridized carbons (Fsp3) is 0.200. The van der Waals surface area contributed by atoms with Crippen LogP contribution in [0.3, 0.4) is 0 Å². The number of hydrogen-bond acceptors (Lipinski definition) is 3. The highest BCUT2D eigenvalue weighted by atomic mass is 16.5. The first-order valence-corrected chi connectivity index (χ1v) is 6.17. The van der Waals surface area contributed by atoms with E-state index in [4.69, 9.17) is 4.74 Å². The van der Waals surface area contributed by atoms with Gasteiger partial charge in [0.25, 0.3) is 5.91 Å². The third-order valence-corrected chi connectivity index (χ3v) is 2.97. The third kappa shape index (κ3) is 2.78. The second kappa shape index (κ2) is 6.16. The van der Waals surface area contributed by atoms with E-state index in [1.807, 2.05) is 0 Å². The smallest absolute Gasteiger partial charge is 0.336 e. The number of hydrogen-bond donors (Lipinski definition) is 2. The number of aromatic carboxylic acids is 1. The molecule has 2 aromatic carbocycles. The summed E-state index contributed by atoms with van der Waals surface area (Å²) in [5, 5.41) is 13.1. The summed E-state index contributed by atoms with van der Waals surface area (Å²) >= 11 is 0. The van der Waals surface area contributed by atoms with E-state index < -0.39 is 5.97 Å². The lowest BCUT2D eigenvalue weighted by Crippen LogP contribution is -2.27. The topological polar surface area (TPSA) is 75.6 Å². The number of carboxylic acids is 1. The molecule has 0 aliphatic rings. The van der Waals surface area contributed by atoms with Gasteiger partial charge in [-0.3, -0.25) is 4.79 Å². The largest absolute Gasteiger partial charge is 0.478 e. The monoisotopic (exact) mass is 273 g/mol. The summed E-state index contributed by atoms with van der Waals surface area (Å²) in [5.74, 6) is -1.35.